The molecule has 0 unspecified atom stereocenters. The summed E-state index contributed by atoms with van der Waals surface area (Å²) in [5, 5.41) is 0. The molecular weight excluding hydrogens is 343 g/mol. The Kier molecular flexibility index (Phi) is 4.76. The Morgan fingerprint density at radius 1 is 1.19 bits per heavy atom. The van der Waals surface area contributed by atoms with Crippen molar-refractivity contribution in [2.45, 2.75) is 71.2 Å². The van der Waals surface area contributed by atoms with E-state index in [-0.39, 0.29) is 12.0 Å². The minimum atomic E-state index is -0.489. The number of rotatable bonds is 2. The molecule has 0 spiro atoms. The van der Waals surface area contributed by atoms with Crippen LogP contribution in [0.2, 0.25) is 0 Å². The molecule has 2 aliphatic heterocycles. The average molecular weight is 374 g/mol. The maximum absolute atomic E-state index is 12.1. The number of likely N-dealkylation sites (tertiary alicyclic amines) is 1. The second-order valence-corrected chi connectivity index (χ2v) is 9.56. The molecule has 2 saturated heterocycles. The molecule has 2 N–H and O–H groups in total. The molecule has 0 aliphatic carbocycles. The summed E-state index contributed by atoms with van der Waals surface area (Å²) in [6.07, 6.45) is -0.264. The molecule has 3 rings (SSSR count). The van der Waals surface area contributed by atoms with E-state index in [1.54, 1.807) is 4.90 Å². The van der Waals surface area contributed by atoms with Crippen LogP contribution < -0.4 is 11.2 Å². The van der Waals surface area contributed by atoms with Gasteiger partial charge in [-0.05, 0) is 60.1 Å². The second kappa shape index (κ2) is 6.42. The molecular formula is C20H31BN2O4. The maximum atomic E-state index is 12.1. The van der Waals surface area contributed by atoms with Gasteiger partial charge in [-0.2, -0.15) is 0 Å². The lowest BCUT2D eigenvalue weighted by Crippen LogP contribution is -2.50. The number of ether oxygens (including phenoxy) is 1. The number of nitrogen functional groups attached to an aromatic ring is 1. The molecule has 2 heterocycles. The topological polar surface area (TPSA) is 74.0 Å². The Hall–Kier alpha value is -1.73. The van der Waals surface area contributed by atoms with Crippen molar-refractivity contribution < 1.29 is 18.8 Å². The first-order valence-corrected chi connectivity index (χ1v) is 9.52. The number of hydrogen-bond acceptors (Lipinski definition) is 5. The largest absolute Gasteiger partial charge is 0.496 e. The van der Waals surface area contributed by atoms with Crippen LogP contribution in [0.15, 0.2) is 18.2 Å². The van der Waals surface area contributed by atoms with E-state index in [1.807, 2.05) is 60.6 Å². The van der Waals surface area contributed by atoms with Crippen LogP contribution in [0.3, 0.4) is 0 Å². The van der Waals surface area contributed by atoms with Gasteiger partial charge in [0.15, 0.2) is 0 Å². The summed E-state index contributed by atoms with van der Waals surface area (Å²) in [7, 11) is -0.489. The molecule has 7 heteroatoms. The summed E-state index contributed by atoms with van der Waals surface area (Å²) < 4.78 is 17.7. The third-order valence-electron chi connectivity index (χ3n) is 5.62. The molecule has 6 nitrogen and oxygen atoms in total. The number of carbonyl (C=O) groups is 1. The first kappa shape index (κ1) is 20.0. The van der Waals surface area contributed by atoms with Crippen LogP contribution >= 0.6 is 0 Å². The fourth-order valence-electron chi connectivity index (χ4n) is 3.19. The van der Waals surface area contributed by atoms with Crippen LogP contribution in [-0.2, 0) is 14.0 Å². The van der Waals surface area contributed by atoms with E-state index in [1.165, 1.54) is 0 Å². The van der Waals surface area contributed by atoms with E-state index in [4.69, 9.17) is 19.8 Å². The Balaban J connectivity index is 1.70. The van der Waals surface area contributed by atoms with Gasteiger partial charge in [0.2, 0.25) is 0 Å². The number of nitrogens with zero attached hydrogens (tertiary/aromatic N) is 1. The van der Waals surface area contributed by atoms with E-state index >= 15 is 0 Å². The summed E-state index contributed by atoms with van der Waals surface area (Å²) in [5.41, 5.74) is 7.54. The smallest absolute Gasteiger partial charge is 0.444 e. The fraction of sp³-hybridized carbons (Fsp3) is 0.650. The van der Waals surface area contributed by atoms with Gasteiger partial charge in [-0.25, -0.2) is 4.79 Å². The molecule has 0 bridgehead atoms. The molecule has 27 heavy (non-hydrogen) atoms. The van der Waals surface area contributed by atoms with Crippen molar-refractivity contribution in [2.75, 3.05) is 18.8 Å². The third kappa shape index (κ3) is 3.94. The molecule has 2 fully saturated rings. The van der Waals surface area contributed by atoms with Crippen LogP contribution in [0.4, 0.5) is 10.5 Å². The van der Waals surface area contributed by atoms with Crippen molar-refractivity contribution in [1.29, 1.82) is 0 Å². The van der Waals surface area contributed by atoms with Gasteiger partial charge in [-0.3, -0.25) is 0 Å². The van der Waals surface area contributed by atoms with Crippen LogP contribution in [-0.4, -0.2) is 48.0 Å². The highest BCUT2D eigenvalue weighted by molar-refractivity contribution is 6.63. The van der Waals surface area contributed by atoms with Gasteiger partial charge in [-0.15, -0.1) is 0 Å². The molecule has 148 valence electrons. The minimum Gasteiger partial charge on any atom is -0.444 e. The average Bonchev–Trinajstić information content (AvgIpc) is 2.65. The van der Waals surface area contributed by atoms with E-state index in [0.717, 1.165) is 11.0 Å². The molecule has 0 radical (unpaired) electrons. The van der Waals surface area contributed by atoms with Crippen LogP contribution in [0, 0.1) is 0 Å². The predicted molar refractivity (Wildman–Crippen MR) is 107 cm³/mol. The molecule has 2 aliphatic rings. The standard InChI is InChI=1S/C20H31BN2O4/c1-18(2,3)25-17(24)23-11-14(12-23)13-8-9-16(22)15(10-13)21-26-19(4,5)20(6,7)27-21/h8-10,14H,11-12,22H2,1-7H3. The quantitative estimate of drug-likeness (QED) is 0.637. The summed E-state index contributed by atoms with van der Waals surface area (Å²) in [4.78, 5) is 13.9. The van der Waals surface area contributed by atoms with Crippen molar-refractivity contribution in [3.05, 3.63) is 23.8 Å². The number of hydrogen-bond donors (Lipinski definition) is 1. The first-order valence-electron chi connectivity index (χ1n) is 9.52. The zero-order valence-electron chi connectivity index (χ0n) is 17.5. The van der Waals surface area contributed by atoms with Gasteiger partial charge in [0.1, 0.15) is 5.60 Å². The van der Waals surface area contributed by atoms with Gasteiger partial charge in [-0.1, -0.05) is 12.1 Å². The van der Waals surface area contributed by atoms with Crippen molar-refractivity contribution in [1.82, 2.24) is 4.90 Å². The second-order valence-electron chi connectivity index (χ2n) is 9.56. The minimum absolute atomic E-state index is 0.263. The summed E-state index contributed by atoms with van der Waals surface area (Å²) >= 11 is 0. The number of benzene rings is 1. The van der Waals surface area contributed by atoms with Gasteiger partial charge in [0.05, 0.1) is 11.2 Å². The van der Waals surface area contributed by atoms with Gasteiger partial charge >= 0.3 is 13.2 Å². The highest BCUT2D eigenvalue weighted by atomic mass is 16.7. The van der Waals surface area contributed by atoms with Gasteiger partial charge in [0.25, 0.3) is 0 Å². The molecule has 0 saturated carbocycles. The summed E-state index contributed by atoms with van der Waals surface area (Å²) in [6, 6.07) is 5.96. The first-order chi connectivity index (χ1) is 12.3. The fourth-order valence-corrected chi connectivity index (χ4v) is 3.19. The molecule has 1 aromatic carbocycles. The lowest BCUT2D eigenvalue weighted by molar-refractivity contribution is 0.00578. The van der Waals surface area contributed by atoms with Crippen molar-refractivity contribution >= 4 is 24.4 Å². The van der Waals surface area contributed by atoms with Gasteiger partial charge < -0.3 is 24.7 Å². The number of carbonyl (C=O) groups excluding carboxylic acids is 1. The van der Waals surface area contributed by atoms with E-state index < -0.39 is 23.9 Å². The molecule has 1 aromatic rings. The summed E-state index contributed by atoms with van der Waals surface area (Å²) in [6.45, 7) is 15.0. The third-order valence-corrected chi connectivity index (χ3v) is 5.62. The number of anilines is 1. The normalized spacial score (nSPS) is 21.9. The monoisotopic (exact) mass is 374 g/mol. The van der Waals surface area contributed by atoms with E-state index in [2.05, 4.69) is 6.07 Å². The van der Waals surface area contributed by atoms with Crippen molar-refractivity contribution in [3.63, 3.8) is 0 Å². The highest BCUT2D eigenvalue weighted by Gasteiger charge is 2.52. The number of nitrogens with two attached hydrogens (primary N) is 1. The van der Waals surface area contributed by atoms with Crippen molar-refractivity contribution in [2.24, 2.45) is 0 Å². The van der Waals surface area contributed by atoms with Crippen LogP contribution in [0.25, 0.3) is 0 Å². The lowest BCUT2D eigenvalue weighted by atomic mass is 9.75. The van der Waals surface area contributed by atoms with E-state index in [9.17, 15) is 4.79 Å². The molecule has 1 amide bonds. The predicted octanol–water partition coefficient (Wildman–Crippen LogP) is 2.90. The van der Waals surface area contributed by atoms with Gasteiger partial charge in [0, 0.05) is 30.2 Å². The molecule has 0 atom stereocenters. The Bertz CT molecular complexity index is 720. The SMILES string of the molecule is CC(C)(C)OC(=O)N1CC(c2ccc(N)c(B3OC(C)(C)C(C)(C)O3)c2)C1. The highest BCUT2D eigenvalue weighted by Crippen LogP contribution is 2.37. The lowest BCUT2D eigenvalue weighted by Gasteiger charge is -2.40. The van der Waals surface area contributed by atoms with E-state index in [0.29, 0.717) is 18.8 Å². The Labute approximate surface area is 162 Å². The zero-order valence-corrected chi connectivity index (χ0v) is 17.5. The van der Waals surface area contributed by atoms with Crippen LogP contribution in [0.5, 0.6) is 0 Å². The number of amides is 1. The molecule has 0 aromatic heterocycles. The maximum Gasteiger partial charge on any atom is 0.496 e. The zero-order chi connectivity index (χ0) is 20.2. The summed E-state index contributed by atoms with van der Waals surface area (Å²) in [5.74, 6) is 0.263. The Morgan fingerprint density at radius 3 is 2.26 bits per heavy atom. The van der Waals surface area contributed by atoms with Crippen molar-refractivity contribution in [3.8, 4) is 0 Å². The Morgan fingerprint density at radius 2 is 1.74 bits per heavy atom. The van der Waals surface area contributed by atoms with Crippen LogP contribution in [0.1, 0.15) is 59.9 Å².